The van der Waals surface area contributed by atoms with Gasteiger partial charge in [-0.2, -0.15) is 4.98 Å². The number of furan rings is 1. The third-order valence-electron chi connectivity index (χ3n) is 5.81. The van der Waals surface area contributed by atoms with E-state index in [1.165, 1.54) is 31.4 Å². The lowest BCUT2D eigenvalue weighted by Gasteiger charge is -2.16. The maximum absolute atomic E-state index is 11.0. The first kappa shape index (κ1) is 23.8. The van der Waals surface area contributed by atoms with E-state index < -0.39 is 11.2 Å². The second kappa shape index (κ2) is 10.8. The average Bonchev–Trinajstić information content (AvgIpc) is 3.33. The zero-order valence-electron chi connectivity index (χ0n) is 19.7. The number of aromatic nitrogens is 3. The van der Waals surface area contributed by atoms with Crippen LogP contribution in [0.1, 0.15) is 44.6 Å². The largest absolute Gasteiger partial charge is 0.455 e. The molecule has 2 aromatic heterocycles. The average molecular weight is 504 g/mol. The second-order valence-electron chi connectivity index (χ2n) is 8.35. The van der Waals surface area contributed by atoms with Crippen LogP contribution >= 0.6 is 11.8 Å². The van der Waals surface area contributed by atoms with Crippen LogP contribution in [0.3, 0.4) is 0 Å². The number of nitrogens with zero attached hydrogens (tertiary/aromatic N) is 4. The van der Waals surface area contributed by atoms with Crippen molar-refractivity contribution in [2.45, 2.75) is 44.0 Å². The van der Waals surface area contributed by atoms with Crippen LogP contribution < -0.4 is 10.1 Å². The number of benzene rings is 2. The van der Waals surface area contributed by atoms with Crippen LogP contribution in [-0.2, 0) is 0 Å². The van der Waals surface area contributed by atoms with Gasteiger partial charge in [-0.05, 0) is 36.8 Å². The summed E-state index contributed by atoms with van der Waals surface area (Å²) in [5.41, 5.74) is 2.99. The number of fused-ring (bicyclic) bond motifs is 3. The highest BCUT2D eigenvalue weighted by molar-refractivity contribution is 7.99. The molecular formula is C26H25N5O4S. The number of non-ortho nitro benzene ring substituents is 1. The molecule has 0 bridgehead atoms. The molecule has 0 saturated carbocycles. The first-order valence-electron chi connectivity index (χ1n) is 11.9. The molecule has 1 unspecified atom stereocenters. The second-order valence-corrected chi connectivity index (χ2v) is 9.41. The highest BCUT2D eigenvalue weighted by Crippen LogP contribution is 2.40. The Morgan fingerprint density at radius 1 is 1.03 bits per heavy atom. The summed E-state index contributed by atoms with van der Waals surface area (Å²) in [6, 6.07) is 17.6. The van der Waals surface area contributed by atoms with E-state index in [2.05, 4.69) is 27.4 Å². The fourth-order valence-corrected chi connectivity index (χ4v) is 4.70. The Morgan fingerprint density at radius 3 is 2.67 bits per heavy atom. The van der Waals surface area contributed by atoms with Gasteiger partial charge in [-0.1, -0.05) is 56.1 Å². The van der Waals surface area contributed by atoms with Gasteiger partial charge in [0.2, 0.25) is 17.3 Å². The van der Waals surface area contributed by atoms with Gasteiger partial charge in [-0.15, -0.1) is 10.2 Å². The zero-order valence-corrected chi connectivity index (χ0v) is 20.5. The predicted molar refractivity (Wildman–Crippen MR) is 138 cm³/mol. The minimum absolute atomic E-state index is 0.0266. The van der Waals surface area contributed by atoms with Crippen molar-refractivity contribution in [3.8, 4) is 28.5 Å². The fraction of sp³-hybridized carbons (Fsp3) is 0.269. The van der Waals surface area contributed by atoms with E-state index >= 15 is 0 Å². The summed E-state index contributed by atoms with van der Waals surface area (Å²) in [4.78, 5) is 15.2. The lowest BCUT2D eigenvalue weighted by atomic mass is 10.1. The maximum Gasteiger partial charge on any atom is 0.269 e. The molecule has 0 amide bonds. The molecule has 5 rings (SSSR count). The molecule has 3 heterocycles. The molecule has 9 nitrogen and oxygen atoms in total. The lowest BCUT2D eigenvalue weighted by molar-refractivity contribution is -0.384. The summed E-state index contributed by atoms with van der Waals surface area (Å²) in [7, 11) is 0. The molecule has 0 saturated heterocycles. The number of rotatable bonds is 9. The molecule has 10 heteroatoms. The highest BCUT2D eigenvalue weighted by Gasteiger charge is 2.28. The Bertz CT molecular complexity index is 1360. The van der Waals surface area contributed by atoms with Gasteiger partial charge in [-0.3, -0.25) is 10.1 Å². The summed E-state index contributed by atoms with van der Waals surface area (Å²) in [5.74, 6) is 2.43. The van der Waals surface area contributed by atoms with Crippen LogP contribution in [0.2, 0.25) is 0 Å². The molecule has 1 aliphatic heterocycles. The number of hydrogen-bond acceptors (Lipinski definition) is 9. The number of nitrogens with one attached hydrogen (secondary N) is 1. The zero-order chi connectivity index (χ0) is 24.9. The predicted octanol–water partition coefficient (Wildman–Crippen LogP) is 6.88. The summed E-state index contributed by atoms with van der Waals surface area (Å²) in [6.07, 6.45) is 4.06. The number of ether oxygens (including phenoxy) is 1. The van der Waals surface area contributed by atoms with Gasteiger partial charge in [0.15, 0.2) is 11.5 Å². The van der Waals surface area contributed by atoms with Crippen LogP contribution in [0.25, 0.3) is 22.6 Å². The quantitative estimate of drug-likeness (QED) is 0.113. The Morgan fingerprint density at radius 2 is 1.86 bits per heavy atom. The first-order valence-corrected chi connectivity index (χ1v) is 12.9. The Kier molecular flexibility index (Phi) is 7.13. The van der Waals surface area contributed by atoms with Crippen molar-refractivity contribution in [1.29, 1.82) is 0 Å². The van der Waals surface area contributed by atoms with Crippen LogP contribution in [0.15, 0.2) is 70.2 Å². The number of nitro benzene ring substituents is 1. The van der Waals surface area contributed by atoms with Gasteiger partial charge in [0.05, 0.1) is 4.92 Å². The normalized spacial score (nSPS) is 14.2. The standard InChI is InChI=1S/C26H25N5O4S/c1-2-3-4-7-16-36-26-28-25-23(29-30-26)19-8-5-6-9-20(19)27-24(35-25)22-15-14-21(34-22)17-10-12-18(13-11-17)31(32)33/h5-6,8-15,24,27H,2-4,7,16H2,1H3. The maximum atomic E-state index is 11.0. The molecule has 0 radical (unpaired) electrons. The van der Waals surface area contributed by atoms with Crippen molar-refractivity contribution in [1.82, 2.24) is 15.2 Å². The number of para-hydroxylation sites is 1. The highest BCUT2D eigenvalue weighted by atomic mass is 32.2. The first-order chi connectivity index (χ1) is 17.6. The topological polar surface area (TPSA) is 116 Å². The molecule has 2 aromatic carbocycles. The van der Waals surface area contributed by atoms with Crippen LogP contribution in [-0.4, -0.2) is 25.9 Å². The molecule has 1 aliphatic rings. The van der Waals surface area contributed by atoms with Crippen molar-refractivity contribution >= 4 is 23.1 Å². The number of nitro groups is 1. The van der Waals surface area contributed by atoms with Gasteiger partial charge in [0, 0.05) is 34.7 Å². The molecule has 4 aromatic rings. The third-order valence-corrected chi connectivity index (χ3v) is 6.73. The van der Waals surface area contributed by atoms with E-state index in [0.717, 1.165) is 29.0 Å². The minimum atomic E-state index is -0.654. The van der Waals surface area contributed by atoms with E-state index in [0.29, 0.717) is 28.3 Å². The number of hydrogen-bond donors (Lipinski definition) is 1. The van der Waals surface area contributed by atoms with Gasteiger partial charge in [-0.25, -0.2) is 0 Å². The van der Waals surface area contributed by atoms with Crippen molar-refractivity contribution in [2.75, 3.05) is 11.1 Å². The monoisotopic (exact) mass is 503 g/mol. The smallest absolute Gasteiger partial charge is 0.269 e. The van der Waals surface area contributed by atoms with Crippen LogP contribution in [0.5, 0.6) is 5.88 Å². The summed E-state index contributed by atoms with van der Waals surface area (Å²) in [6.45, 7) is 2.19. The molecule has 1 N–H and O–H groups in total. The van der Waals surface area contributed by atoms with Crippen molar-refractivity contribution in [3.63, 3.8) is 0 Å². The van der Waals surface area contributed by atoms with E-state index in [1.807, 2.05) is 36.4 Å². The Hall–Kier alpha value is -3.92. The molecule has 1 atom stereocenters. The SMILES string of the molecule is CCCCCCSc1nnc2c(n1)OC(c1ccc(-c3ccc([N+](=O)[O-])cc3)o1)Nc1ccccc1-2. The Balaban J connectivity index is 1.41. The van der Waals surface area contributed by atoms with Crippen LogP contribution in [0, 0.1) is 10.1 Å². The van der Waals surface area contributed by atoms with Gasteiger partial charge >= 0.3 is 0 Å². The van der Waals surface area contributed by atoms with E-state index in [-0.39, 0.29) is 5.69 Å². The minimum Gasteiger partial charge on any atom is -0.455 e. The van der Waals surface area contributed by atoms with E-state index in [1.54, 1.807) is 23.9 Å². The third kappa shape index (κ3) is 5.18. The summed E-state index contributed by atoms with van der Waals surface area (Å²) < 4.78 is 12.4. The molecule has 0 aliphatic carbocycles. The van der Waals surface area contributed by atoms with Crippen molar-refractivity contribution in [2.24, 2.45) is 0 Å². The molecule has 36 heavy (non-hydrogen) atoms. The number of thioether (sulfide) groups is 1. The molecule has 0 spiro atoms. The van der Waals surface area contributed by atoms with E-state index in [4.69, 9.17) is 9.15 Å². The van der Waals surface area contributed by atoms with Gasteiger partial charge in [0.25, 0.3) is 5.69 Å². The van der Waals surface area contributed by atoms with Crippen LogP contribution in [0.4, 0.5) is 11.4 Å². The van der Waals surface area contributed by atoms with Crippen molar-refractivity contribution in [3.05, 3.63) is 76.5 Å². The van der Waals surface area contributed by atoms with E-state index in [9.17, 15) is 10.1 Å². The fourth-order valence-electron chi connectivity index (χ4n) is 3.93. The number of unbranched alkanes of at least 4 members (excludes halogenated alkanes) is 3. The van der Waals surface area contributed by atoms with Gasteiger partial charge < -0.3 is 14.5 Å². The number of anilines is 1. The summed E-state index contributed by atoms with van der Waals surface area (Å²) in [5, 5.41) is 23.7. The Labute approximate surface area is 212 Å². The van der Waals surface area contributed by atoms with Crippen molar-refractivity contribution < 1.29 is 14.1 Å². The molecular weight excluding hydrogens is 478 g/mol. The van der Waals surface area contributed by atoms with Gasteiger partial charge in [0.1, 0.15) is 5.76 Å². The lowest BCUT2D eigenvalue weighted by Crippen LogP contribution is -2.16. The molecule has 0 fully saturated rings. The summed E-state index contributed by atoms with van der Waals surface area (Å²) >= 11 is 1.58. The molecule has 184 valence electrons.